The Labute approximate surface area is 165 Å². The first-order valence-corrected chi connectivity index (χ1v) is 9.60. The molecule has 1 saturated heterocycles. The third-order valence-corrected chi connectivity index (χ3v) is 5.13. The van der Waals surface area contributed by atoms with E-state index in [1.54, 1.807) is 7.11 Å². The van der Waals surface area contributed by atoms with Crippen LogP contribution < -0.4 is 15.0 Å². The highest BCUT2D eigenvalue weighted by Crippen LogP contribution is 2.28. The molecule has 1 heterocycles. The summed E-state index contributed by atoms with van der Waals surface area (Å²) in [5.41, 5.74) is 2.12. The van der Waals surface area contributed by atoms with Gasteiger partial charge in [-0.3, -0.25) is 9.69 Å². The molecule has 1 aliphatic rings. The van der Waals surface area contributed by atoms with Crippen LogP contribution >= 0.6 is 11.6 Å². The van der Waals surface area contributed by atoms with Gasteiger partial charge in [-0.2, -0.15) is 0 Å². The molecule has 1 atom stereocenters. The molecule has 144 valence electrons. The summed E-state index contributed by atoms with van der Waals surface area (Å²) >= 11 is 6.03. The van der Waals surface area contributed by atoms with Crippen LogP contribution in [0.5, 0.6) is 5.75 Å². The summed E-state index contributed by atoms with van der Waals surface area (Å²) in [4.78, 5) is 16.9. The second-order valence-corrected chi connectivity index (χ2v) is 7.22. The summed E-state index contributed by atoms with van der Waals surface area (Å²) in [6.45, 7) is 5.82. The molecule has 1 aliphatic heterocycles. The van der Waals surface area contributed by atoms with Gasteiger partial charge >= 0.3 is 0 Å². The smallest absolute Gasteiger partial charge is 0.234 e. The molecule has 0 unspecified atom stereocenters. The summed E-state index contributed by atoms with van der Waals surface area (Å²) in [5, 5.41) is 3.74. The van der Waals surface area contributed by atoms with E-state index in [4.69, 9.17) is 16.3 Å². The number of nitrogens with zero attached hydrogens (tertiary/aromatic N) is 2. The van der Waals surface area contributed by atoms with E-state index < -0.39 is 0 Å². The quantitative estimate of drug-likeness (QED) is 0.825. The summed E-state index contributed by atoms with van der Waals surface area (Å²) < 4.78 is 5.46. The third-order valence-electron chi connectivity index (χ3n) is 4.89. The fraction of sp³-hybridized carbons (Fsp3) is 0.381. The van der Waals surface area contributed by atoms with E-state index in [9.17, 15) is 4.79 Å². The van der Waals surface area contributed by atoms with Gasteiger partial charge in [0.15, 0.2) is 0 Å². The average Bonchev–Trinajstić information content (AvgIpc) is 2.68. The molecule has 3 rings (SSSR count). The van der Waals surface area contributed by atoms with E-state index in [2.05, 4.69) is 21.2 Å². The number of methoxy groups -OCH3 is 1. The van der Waals surface area contributed by atoms with Crippen molar-refractivity contribution in [1.29, 1.82) is 0 Å². The minimum Gasteiger partial charge on any atom is -0.495 e. The van der Waals surface area contributed by atoms with Crippen molar-refractivity contribution in [3.63, 3.8) is 0 Å². The number of hydrogen-bond acceptors (Lipinski definition) is 4. The molecule has 0 spiro atoms. The first-order chi connectivity index (χ1) is 13.1. The van der Waals surface area contributed by atoms with Crippen LogP contribution in [0.4, 0.5) is 5.69 Å². The number of benzene rings is 2. The molecule has 1 fully saturated rings. The number of halogens is 1. The van der Waals surface area contributed by atoms with Gasteiger partial charge in [-0.25, -0.2) is 0 Å². The molecule has 0 aliphatic carbocycles. The summed E-state index contributed by atoms with van der Waals surface area (Å²) in [5.74, 6) is 0.923. The summed E-state index contributed by atoms with van der Waals surface area (Å²) in [6, 6.07) is 15.6. The molecule has 1 amide bonds. The number of para-hydroxylation sites is 2. The maximum Gasteiger partial charge on any atom is 0.234 e. The van der Waals surface area contributed by atoms with Crippen LogP contribution in [0.1, 0.15) is 18.5 Å². The molecule has 6 heteroatoms. The number of carbonyl (C=O) groups is 1. The first kappa shape index (κ1) is 19.5. The van der Waals surface area contributed by atoms with Gasteiger partial charge < -0.3 is 15.0 Å². The summed E-state index contributed by atoms with van der Waals surface area (Å²) in [7, 11) is 1.69. The van der Waals surface area contributed by atoms with Gasteiger partial charge in [0.05, 0.1) is 25.4 Å². The zero-order valence-corrected chi connectivity index (χ0v) is 16.6. The Balaban J connectivity index is 1.49. The maximum atomic E-state index is 12.4. The lowest BCUT2D eigenvalue weighted by molar-refractivity contribution is -0.123. The van der Waals surface area contributed by atoms with Crippen molar-refractivity contribution < 1.29 is 9.53 Å². The van der Waals surface area contributed by atoms with E-state index in [1.807, 2.05) is 49.4 Å². The average molecular weight is 388 g/mol. The van der Waals surface area contributed by atoms with Crippen LogP contribution in [0.15, 0.2) is 48.5 Å². The second kappa shape index (κ2) is 9.11. The van der Waals surface area contributed by atoms with Crippen molar-refractivity contribution in [2.45, 2.75) is 13.0 Å². The molecule has 0 radical (unpaired) electrons. The molecule has 0 bridgehead atoms. The van der Waals surface area contributed by atoms with Gasteiger partial charge in [0, 0.05) is 31.2 Å². The minimum absolute atomic E-state index is 0.0354. The van der Waals surface area contributed by atoms with Gasteiger partial charge in [0.25, 0.3) is 0 Å². The number of hydrogen-bond donors (Lipinski definition) is 1. The minimum atomic E-state index is -0.0638. The first-order valence-electron chi connectivity index (χ1n) is 9.22. The topological polar surface area (TPSA) is 44.8 Å². The Morgan fingerprint density at radius 3 is 2.59 bits per heavy atom. The van der Waals surface area contributed by atoms with E-state index in [0.29, 0.717) is 11.6 Å². The van der Waals surface area contributed by atoms with Gasteiger partial charge in [0.1, 0.15) is 5.75 Å². The predicted molar refractivity (Wildman–Crippen MR) is 110 cm³/mol. The molecule has 0 saturated carbocycles. The lowest BCUT2D eigenvalue weighted by atomic mass is 10.1. The van der Waals surface area contributed by atoms with Gasteiger partial charge in [-0.1, -0.05) is 35.9 Å². The lowest BCUT2D eigenvalue weighted by Crippen LogP contribution is -2.49. The number of piperazine rings is 1. The van der Waals surface area contributed by atoms with Crippen molar-refractivity contribution in [1.82, 2.24) is 10.2 Å². The maximum absolute atomic E-state index is 12.4. The molecule has 2 aromatic carbocycles. The molecule has 0 aromatic heterocycles. The van der Waals surface area contributed by atoms with Crippen LogP contribution in [0.25, 0.3) is 0 Å². The molecule has 1 N–H and O–H groups in total. The molecular weight excluding hydrogens is 362 g/mol. The van der Waals surface area contributed by atoms with Crippen molar-refractivity contribution in [3.05, 3.63) is 59.1 Å². The van der Waals surface area contributed by atoms with Crippen molar-refractivity contribution >= 4 is 23.2 Å². The van der Waals surface area contributed by atoms with Crippen LogP contribution in [0, 0.1) is 0 Å². The van der Waals surface area contributed by atoms with Gasteiger partial charge in [0.2, 0.25) is 5.91 Å². The Bertz CT molecular complexity index is 776. The zero-order valence-electron chi connectivity index (χ0n) is 15.8. The second-order valence-electron chi connectivity index (χ2n) is 6.78. The van der Waals surface area contributed by atoms with Crippen molar-refractivity contribution in [2.24, 2.45) is 0 Å². The number of nitrogens with one attached hydrogen (secondary N) is 1. The number of ether oxygens (including phenoxy) is 1. The Kier molecular flexibility index (Phi) is 6.58. The van der Waals surface area contributed by atoms with Crippen LogP contribution in [-0.2, 0) is 4.79 Å². The molecular formula is C21H26ClN3O2. The van der Waals surface area contributed by atoms with Crippen molar-refractivity contribution in [2.75, 3.05) is 44.7 Å². The lowest BCUT2D eigenvalue weighted by Gasteiger charge is -2.36. The normalized spacial score (nSPS) is 16.0. The van der Waals surface area contributed by atoms with E-state index in [1.165, 1.54) is 0 Å². The molecule has 27 heavy (non-hydrogen) atoms. The number of anilines is 1. The highest BCUT2D eigenvalue weighted by Gasteiger charge is 2.21. The Hall–Kier alpha value is -2.24. The Morgan fingerprint density at radius 2 is 1.89 bits per heavy atom. The Morgan fingerprint density at radius 1 is 1.15 bits per heavy atom. The number of amides is 1. The molecule has 2 aromatic rings. The number of rotatable bonds is 6. The fourth-order valence-corrected chi connectivity index (χ4v) is 3.59. The van der Waals surface area contributed by atoms with E-state index in [-0.39, 0.29) is 11.9 Å². The van der Waals surface area contributed by atoms with Gasteiger partial charge in [-0.05, 0) is 36.8 Å². The fourth-order valence-electron chi connectivity index (χ4n) is 3.39. The molecule has 5 nitrogen and oxygen atoms in total. The van der Waals surface area contributed by atoms with E-state index in [0.717, 1.165) is 43.2 Å². The highest BCUT2D eigenvalue weighted by atomic mass is 35.5. The van der Waals surface area contributed by atoms with Crippen LogP contribution in [0.3, 0.4) is 0 Å². The zero-order chi connectivity index (χ0) is 19.2. The van der Waals surface area contributed by atoms with Gasteiger partial charge in [-0.15, -0.1) is 0 Å². The third kappa shape index (κ3) is 5.15. The standard InChI is InChI=1S/C21H26ClN3O2/c1-16(17-6-5-7-18(22)14-17)23-21(26)15-24-10-12-25(13-11-24)19-8-3-4-9-20(19)27-2/h3-9,14,16H,10-13,15H2,1-2H3,(H,23,26)/t16-/m0/s1. The summed E-state index contributed by atoms with van der Waals surface area (Å²) in [6.07, 6.45) is 0. The number of carbonyl (C=O) groups excluding carboxylic acids is 1. The van der Waals surface area contributed by atoms with Crippen LogP contribution in [0.2, 0.25) is 5.02 Å². The largest absolute Gasteiger partial charge is 0.495 e. The SMILES string of the molecule is COc1ccccc1N1CCN(CC(=O)N[C@@H](C)c2cccc(Cl)c2)CC1. The predicted octanol–water partition coefficient (Wildman–Crippen LogP) is 3.35. The highest BCUT2D eigenvalue weighted by molar-refractivity contribution is 6.30. The van der Waals surface area contributed by atoms with E-state index >= 15 is 0 Å². The van der Waals surface area contributed by atoms with Crippen molar-refractivity contribution in [3.8, 4) is 5.75 Å². The monoisotopic (exact) mass is 387 g/mol. The van der Waals surface area contributed by atoms with Crippen LogP contribution in [-0.4, -0.2) is 50.6 Å².